The molecule has 0 nitrogen and oxygen atoms in total. The molecule has 0 heterocycles. The van der Waals surface area contributed by atoms with Gasteiger partial charge in [-0.3, -0.25) is 0 Å². The summed E-state index contributed by atoms with van der Waals surface area (Å²) in [6.07, 6.45) is 3.89. The van der Waals surface area contributed by atoms with Crippen molar-refractivity contribution in [2.45, 2.75) is 53.9 Å². The molecule has 0 aliphatic heterocycles. The predicted molar refractivity (Wildman–Crippen MR) is 55.2 cm³/mol. The Bertz CT molecular complexity index is 200. The third kappa shape index (κ3) is 1.44. The summed E-state index contributed by atoms with van der Waals surface area (Å²) < 4.78 is 0. The van der Waals surface area contributed by atoms with Crippen LogP contribution in [0.15, 0.2) is 11.1 Å². The van der Waals surface area contributed by atoms with Gasteiger partial charge in [0, 0.05) is 0 Å². The van der Waals surface area contributed by atoms with E-state index in [2.05, 4.69) is 34.6 Å². The van der Waals surface area contributed by atoms with Gasteiger partial charge >= 0.3 is 0 Å². The zero-order chi connectivity index (χ0) is 9.35. The van der Waals surface area contributed by atoms with Crippen LogP contribution in [0.25, 0.3) is 0 Å². The third-order valence-corrected chi connectivity index (χ3v) is 3.75. The van der Waals surface area contributed by atoms with Gasteiger partial charge in [-0.15, -0.1) is 0 Å². The Hall–Kier alpha value is -0.260. The highest BCUT2D eigenvalue weighted by molar-refractivity contribution is 5.27. The smallest absolute Gasteiger partial charge is 0.00851 e. The Labute approximate surface area is 77.1 Å². The van der Waals surface area contributed by atoms with Gasteiger partial charge < -0.3 is 0 Å². The molecule has 0 radical (unpaired) electrons. The lowest BCUT2D eigenvalue weighted by molar-refractivity contribution is 0.586. The molecule has 1 fully saturated rings. The van der Waals surface area contributed by atoms with E-state index >= 15 is 0 Å². The zero-order valence-electron chi connectivity index (χ0n) is 9.20. The maximum atomic E-state index is 2.43. The van der Waals surface area contributed by atoms with Gasteiger partial charge in [-0.05, 0) is 37.5 Å². The molecule has 0 aromatic rings. The molecule has 70 valence electrons. The van der Waals surface area contributed by atoms with Crippen molar-refractivity contribution in [3.8, 4) is 0 Å². The SMILES string of the molecule is CCC(C)=C(CC)C1(C)CC1C. The lowest BCUT2D eigenvalue weighted by Crippen LogP contribution is -2.03. The van der Waals surface area contributed by atoms with Crippen LogP contribution < -0.4 is 0 Å². The van der Waals surface area contributed by atoms with Crippen LogP contribution >= 0.6 is 0 Å². The Balaban J connectivity index is 2.83. The van der Waals surface area contributed by atoms with Crippen molar-refractivity contribution in [3.05, 3.63) is 11.1 Å². The molecule has 0 amide bonds. The van der Waals surface area contributed by atoms with Crippen LogP contribution in [0.2, 0.25) is 0 Å². The van der Waals surface area contributed by atoms with Crippen molar-refractivity contribution in [2.24, 2.45) is 11.3 Å². The predicted octanol–water partition coefficient (Wildman–Crippen LogP) is 4.17. The van der Waals surface area contributed by atoms with E-state index in [0.717, 1.165) is 5.92 Å². The van der Waals surface area contributed by atoms with Crippen molar-refractivity contribution < 1.29 is 0 Å². The Morgan fingerprint density at radius 2 is 1.83 bits per heavy atom. The average Bonchev–Trinajstić information content (AvgIpc) is 2.61. The minimum absolute atomic E-state index is 0.578. The molecule has 0 aromatic carbocycles. The fraction of sp³-hybridized carbons (Fsp3) is 0.833. The maximum absolute atomic E-state index is 2.43. The second-order valence-corrected chi connectivity index (χ2v) is 4.49. The first-order valence-electron chi connectivity index (χ1n) is 5.25. The minimum Gasteiger partial charge on any atom is -0.0738 e. The molecule has 0 bridgehead atoms. The molecular formula is C12H22. The van der Waals surface area contributed by atoms with Crippen LogP contribution in [0.1, 0.15) is 53.9 Å². The van der Waals surface area contributed by atoms with E-state index in [1.165, 1.54) is 19.3 Å². The lowest BCUT2D eigenvalue weighted by Gasteiger charge is -2.17. The molecule has 1 rings (SSSR count). The summed E-state index contributed by atoms with van der Waals surface area (Å²) in [7, 11) is 0. The molecule has 12 heavy (non-hydrogen) atoms. The standard InChI is InChI=1S/C12H22/c1-6-9(3)11(7-2)12(5)8-10(12)4/h10H,6-8H2,1-5H3. The van der Waals surface area contributed by atoms with Crippen molar-refractivity contribution in [1.29, 1.82) is 0 Å². The number of allylic oxidation sites excluding steroid dienone is 2. The quantitative estimate of drug-likeness (QED) is 0.552. The molecule has 1 aliphatic rings. The van der Waals surface area contributed by atoms with Crippen LogP contribution in [0.5, 0.6) is 0 Å². The molecule has 0 saturated heterocycles. The molecular weight excluding hydrogens is 144 g/mol. The fourth-order valence-electron chi connectivity index (χ4n) is 2.40. The second-order valence-electron chi connectivity index (χ2n) is 4.49. The summed E-state index contributed by atoms with van der Waals surface area (Å²) >= 11 is 0. The van der Waals surface area contributed by atoms with E-state index in [9.17, 15) is 0 Å². The topological polar surface area (TPSA) is 0 Å². The highest BCUT2D eigenvalue weighted by Gasteiger charge is 2.48. The zero-order valence-corrected chi connectivity index (χ0v) is 9.20. The first-order valence-corrected chi connectivity index (χ1v) is 5.25. The molecule has 2 atom stereocenters. The summed E-state index contributed by atoms with van der Waals surface area (Å²) in [5.74, 6) is 0.925. The van der Waals surface area contributed by atoms with Gasteiger partial charge in [0.1, 0.15) is 0 Å². The normalized spacial score (nSPS) is 36.2. The summed E-state index contributed by atoms with van der Waals surface area (Å²) in [6, 6.07) is 0. The van der Waals surface area contributed by atoms with Gasteiger partial charge in [-0.1, -0.05) is 38.8 Å². The molecule has 2 unspecified atom stereocenters. The largest absolute Gasteiger partial charge is 0.0738 e. The molecule has 1 saturated carbocycles. The van der Waals surface area contributed by atoms with Gasteiger partial charge in [-0.2, -0.15) is 0 Å². The number of hydrogen-bond acceptors (Lipinski definition) is 0. The minimum atomic E-state index is 0.578. The van der Waals surface area contributed by atoms with E-state index in [-0.39, 0.29) is 0 Å². The summed E-state index contributed by atoms with van der Waals surface area (Å²) in [5, 5.41) is 0. The monoisotopic (exact) mass is 166 g/mol. The maximum Gasteiger partial charge on any atom is -0.00851 e. The van der Waals surface area contributed by atoms with Crippen LogP contribution in [-0.4, -0.2) is 0 Å². The molecule has 1 aliphatic carbocycles. The van der Waals surface area contributed by atoms with E-state index in [1.54, 1.807) is 11.1 Å². The van der Waals surface area contributed by atoms with Crippen molar-refractivity contribution in [1.82, 2.24) is 0 Å². The lowest BCUT2D eigenvalue weighted by atomic mass is 9.88. The fourth-order valence-corrected chi connectivity index (χ4v) is 2.40. The highest BCUT2D eigenvalue weighted by Crippen LogP contribution is 2.58. The van der Waals surface area contributed by atoms with Crippen molar-refractivity contribution in [3.63, 3.8) is 0 Å². The van der Waals surface area contributed by atoms with Crippen LogP contribution in [0, 0.1) is 11.3 Å². The summed E-state index contributed by atoms with van der Waals surface area (Å²) in [6.45, 7) is 11.7. The van der Waals surface area contributed by atoms with Crippen LogP contribution in [-0.2, 0) is 0 Å². The van der Waals surface area contributed by atoms with Crippen LogP contribution in [0.4, 0.5) is 0 Å². The van der Waals surface area contributed by atoms with Gasteiger partial charge in [-0.25, -0.2) is 0 Å². The highest BCUT2D eigenvalue weighted by atomic mass is 14.5. The number of hydrogen-bond donors (Lipinski definition) is 0. The Kier molecular flexibility index (Phi) is 2.65. The van der Waals surface area contributed by atoms with Gasteiger partial charge in [0.15, 0.2) is 0 Å². The average molecular weight is 166 g/mol. The Morgan fingerprint density at radius 1 is 1.33 bits per heavy atom. The first-order chi connectivity index (χ1) is 5.56. The van der Waals surface area contributed by atoms with Gasteiger partial charge in [0.05, 0.1) is 0 Å². The summed E-state index contributed by atoms with van der Waals surface area (Å²) in [4.78, 5) is 0. The number of rotatable bonds is 3. The second kappa shape index (κ2) is 3.24. The first kappa shape index (κ1) is 9.83. The molecule has 0 heteroatoms. The molecule has 0 N–H and O–H groups in total. The van der Waals surface area contributed by atoms with E-state index in [0.29, 0.717) is 5.41 Å². The van der Waals surface area contributed by atoms with Crippen molar-refractivity contribution in [2.75, 3.05) is 0 Å². The van der Waals surface area contributed by atoms with Crippen LogP contribution in [0.3, 0.4) is 0 Å². The van der Waals surface area contributed by atoms with Gasteiger partial charge in [0.2, 0.25) is 0 Å². The summed E-state index contributed by atoms with van der Waals surface area (Å²) in [5.41, 5.74) is 3.94. The Morgan fingerprint density at radius 3 is 2.08 bits per heavy atom. The third-order valence-electron chi connectivity index (χ3n) is 3.75. The molecule has 0 aromatic heterocycles. The molecule has 0 spiro atoms. The van der Waals surface area contributed by atoms with Crippen molar-refractivity contribution >= 4 is 0 Å². The van der Waals surface area contributed by atoms with Gasteiger partial charge in [0.25, 0.3) is 0 Å². The van der Waals surface area contributed by atoms with E-state index in [4.69, 9.17) is 0 Å². The van der Waals surface area contributed by atoms with E-state index < -0.39 is 0 Å². The van der Waals surface area contributed by atoms with E-state index in [1.807, 2.05) is 0 Å².